The Morgan fingerprint density at radius 3 is 2.21 bits per heavy atom. The van der Waals surface area contributed by atoms with E-state index in [4.69, 9.17) is 5.26 Å². The van der Waals surface area contributed by atoms with Gasteiger partial charge in [-0.1, -0.05) is 20.8 Å². The summed E-state index contributed by atoms with van der Waals surface area (Å²) in [6.45, 7) is 9.26. The molecular formula is C11H23N3. The van der Waals surface area contributed by atoms with E-state index in [2.05, 4.69) is 32.1 Å². The average molecular weight is 197 g/mol. The van der Waals surface area contributed by atoms with Crippen LogP contribution in [-0.2, 0) is 0 Å². The topological polar surface area (TPSA) is 30.3 Å². The molecule has 1 saturated heterocycles. The van der Waals surface area contributed by atoms with Crippen molar-refractivity contribution < 1.29 is 0 Å². The highest BCUT2D eigenvalue weighted by Crippen LogP contribution is 2.32. The Morgan fingerprint density at radius 2 is 1.86 bits per heavy atom. The fourth-order valence-corrected chi connectivity index (χ4v) is 1.60. The maximum atomic E-state index is 8.56. The molecule has 0 bridgehead atoms. The van der Waals surface area contributed by atoms with E-state index in [1.807, 2.05) is 18.7 Å². The number of nitriles is 1. The Labute approximate surface area is 88.3 Å². The Morgan fingerprint density at radius 1 is 1.36 bits per heavy atom. The van der Waals surface area contributed by atoms with Crippen molar-refractivity contribution in [3.05, 3.63) is 0 Å². The lowest BCUT2D eigenvalue weighted by Crippen LogP contribution is -2.52. The molecule has 0 aromatic rings. The van der Waals surface area contributed by atoms with Gasteiger partial charge in [0.2, 0.25) is 0 Å². The molecule has 82 valence electrons. The third kappa shape index (κ3) is 3.97. The molecule has 0 aromatic carbocycles. The van der Waals surface area contributed by atoms with Crippen molar-refractivity contribution in [1.82, 2.24) is 9.80 Å². The molecule has 1 fully saturated rings. The fourth-order valence-electron chi connectivity index (χ4n) is 1.60. The Balaban J connectivity index is 0.000000791. The van der Waals surface area contributed by atoms with Crippen molar-refractivity contribution in [1.29, 1.82) is 5.26 Å². The summed E-state index contributed by atoms with van der Waals surface area (Å²) < 4.78 is 0. The van der Waals surface area contributed by atoms with Crippen molar-refractivity contribution in [3.63, 3.8) is 0 Å². The zero-order chi connectivity index (χ0) is 11.2. The second-order valence-electron chi connectivity index (χ2n) is 4.32. The highest BCUT2D eigenvalue weighted by molar-refractivity contribution is 4.97. The van der Waals surface area contributed by atoms with Gasteiger partial charge in [0.1, 0.15) is 0 Å². The van der Waals surface area contributed by atoms with Gasteiger partial charge in [0.05, 0.1) is 0 Å². The van der Waals surface area contributed by atoms with Crippen LogP contribution in [0.1, 0.15) is 27.2 Å². The average Bonchev–Trinajstić information content (AvgIpc) is 2.13. The summed E-state index contributed by atoms with van der Waals surface area (Å²) in [5.74, 6) is 0. The van der Waals surface area contributed by atoms with Crippen LogP contribution >= 0.6 is 0 Å². The molecule has 0 atom stereocenters. The predicted octanol–water partition coefficient (Wildman–Crippen LogP) is 1.77. The van der Waals surface area contributed by atoms with E-state index in [-0.39, 0.29) is 0 Å². The fraction of sp³-hybridized carbons (Fsp3) is 0.909. The normalized spacial score (nSPS) is 17.9. The number of hydrogen-bond donors (Lipinski definition) is 0. The van der Waals surface area contributed by atoms with E-state index in [1.54, 1.807) is 0 Å². The van der Waals surface area contributed by atoms with Crippen LogP contribution in [0, 0.1) is 16.9 Å². The highest BCUT2D eigenvalue weighted by Gasteiger charge is 2.37. The van der Waals surface area contributed by atoms with Gasteiger partial charge in [-0.25, -0.2) is 0 Å². The maximum absolute atomic E-state index is 8.56. The van der Waals surface area contributed by atoms with Crippen molar-refractivity contribution in [3.8, 4) is 6.19 Å². The van der Waals surface area contributed by atoms with Gasteiger partial charge in [0.25, 0.3) is 0 Å². The molecule has 14 heavy (non-hydrogen) atoms. The van der Waals surface area contributed by atoms with Gasteiger partial charge in [-0.2, -0.15) is 5.26 Å². The van der Waals surface area contributed by atoms with E-state index in [0.717, 1.165) is 19.6 Å². The van der Waals surface area contributed by atoms with Crippen LogP contribution in [0.3, 0.4) is 0 Å². The van der Waals surface area contributed by atoms with Crippen LogP contribution in [-0.4, -0.2) is 43.5 Å². The molecule has 0 spiro atoms. The lowest BCUT2D eigenvalue weighted by Gasteiger charge is -2.45. The highest BCUT2D eigenvalue weighted by atomic mass is 15.2. The van der Waals surface area contributed by atoms with Gasteiger partial charge < -0.3 is 9.80 Å². The second kappa shape index (κ2) is 5.87. The van der Waals surface area contributed by atoms with Gasteiger partial charge >= 0.3 is 0 Å². The number of rotatable bonds is 3. The first-order chi connectivity index (χ1) is 6.56. The standard InChI is InChI=1S/C9H17N3.C2H6/c1-9(4-5-11(2)3)6-12(7-9)8-10;1-2/h4-7H2,1-3H3;1-2H3. The number of likely N-dealkylation sites (tertiary alicyclic amines) is 1. The van der Waals surface area contributed by atoms with Gasteiger partial charge in [-0.05, 0) is 27.1 Å². The van der Waals surface area contributed by atoms with E-state index < -0.39 is 0 Å². The molecule has 3 heteroatoms. The van der Waals surface area contributed by atoms with Gasteiger partial charge in [-0.15, -0.1) is 0 Å². The van der Waals surface area contributed by atoms with Crippen molar-refractivity contribution in [2.75, 3.05) is 33.7 Å². The summed E-state index contributed by atoms with van der Waals surface area (Å²) in [6, 6.07) is 0. The zero-order valence-corrected chi connectivity index (χ0v) is 10.2. The van der Waals surface area contributed by atoms with E-state index in [0.29, 0.717) is 5.41 Å². The molecule has 0 saturated carbocycles. The molecule has 0 aromatic heterocycles. The van der Waals surface area contributed by atoms with Gasteiger partial charge in [0, 0.05) is 18.5 Å². The summed E-state index contributed by atoms with van der Waals surface area (Å²) in [5, 5.41) is 8.56. The Bertz CT molecular complexity index is 187. The lowest BCUT2D eigenvalue weighted by molar-refractivity contribution is 0.0505. The SMILES string of the molecule is CC.CN(C)CCC1(C)CN(C#N)C1. The molecular weight excluding hydrogens is 174 g/mol. The van der Waals surface area contributed by atoms with Crippen LogP contribution in [0.25, 0.3) is 0 Å². The predicted molar refractivity (Wildman–Crippen MR) is 59.8 cm³/mol. The number of hydrogen-bond acceptors (Lipinski definition) is 3. The molecule has 1 heterocycles. The summed E-state index contributed by atoms with van der Waals surface area (Å²) in [5.41, 5.74) is 0.389. The van der Waals surface area contributed by atoms with Crippen LogP contribution in [0.4, 0.5) is 0 Å². The summed E-state index contributed by atoms with van der Waals surface area (Å²) >= 11 is 0. The molecule has 1 rings (SSSR count). The second-order valence-corrected chi connectivity index (χ2v) is 4.32. The maximum Gasteiger partial charge on any atom is 0.179 e. The molecule has 3 nitrogen and oxygen atoms in total. The Hall–Kier alpha value is -0.750. The lowest BCUT2D eigenvalue weighted by atomic mass is 9.79. The van der Waals surface area contributed by atoms with E-state index >= 15 is 0 Å². The van der Waals surface area contributed by atoms with E-state index in [9.17, 15) is 0 Å². The minimum absolute atomic E-state index is 0.389. The summed E-state index contributed by atoms with van der Waals surface area (Å²) in [4.78, 5) is 4.01. The third-order valence-corrected chi connectivity index (χ3v) is 2.45. The first kappa shape index (κ1) is 13.2. The van der Waals surface area contributed by atoms with Crippen LogP contribution in [0.15, 0.2) is 0 Å². The Kier molecular flexibility index (Phi) is 5.56. The molecule has 1 aliphatic heterocycles. The van der Waals surface area contributed by atoms with Crippen LogP contribution in [0.2, 0.25) is 0 Å². The smallest absolute Gasteiger partial charge is 0.179 e. The monoisotopic (exact) mass is 197 g/mol. The first-order valence-electron chi connectivity index (χ1n) is 5.35. The van der Waals surface area contributed by atoms with Crippen molar-refractivity contribution in [2.24, 2.45) is 5.41 Å². The summed E-state index contributed by atoms with van der Waals surface area (Å²) in [6.07, 6.45) is 3.36. The molecule has 0 aliphatic carbocycles. The van der Waals surface area contributed by atoms with Gasteiger partial charge in [-0.3, -0.25) is 0 Å². The molecule has 0 amide bonds. The quantitative estimate of drug-likeness (QED) is 0.646. The molecule has 0 radical (unpaired) electrons. The molecule has 0 N–H and O–H groups in total. The van der Waals surface area contributed by atoms with Gasteiger partial charge in [0.15, 0.2) is 6.19 Å². The largest absolute Gasteiger partial charge is 0.309 e. The number of nitrogens with zero attached hydrogens (tertiary/aromatic N) is 3. The van der Waals surface area contributed by atoms with E-state index in [1.165, 1.54) is 6.42 Å². The molecule has 0 unspecified atom stereocenters. The molecule has 1 aliphatic rings. The third-order valence-electron chi connectivity index (χ3n) is 2.45. The minimum Gasteiger partial charge on any atom is -0.309 e. The van der Waals surface area contributed by atoms with Crippen molar-refractivity contribution in [2.45, 2.75) is 27.2 Å². The van der Waals surface area contributed by atoms with Crippen LogP contribution < -0.4 is 0 Å². The van der Waals surface area contributed by atoms with Crippen LogP contribution in [0.5, 0.6) is 0 Å². The van der Waals surface area contributed by atoms with Crippen molar-refractivity contribution >= 4 is 0 Å². The minimum atomic E-state index is 0.389. The zero-order valence-electron chi connectivity index (χ0n) is 10.2. The summed E-state index contributed by atoms with van der Waals surface area (Å²) in [7, 11) is 4.17. The first-order valence-corrected chi connectivity index (χ1v) is 5.35.